The van der Waals surface area contributed by atoms with Crippen LogP contribution in [0.15, 0.2) is 12.2 Å². The highest BCUT2D eigenvalue weighted by Gasteiger charge is 2.44. The summed E-state index contributed by atoms with van der Waals surface area (Å²) in [6.07, 6.45) is 15.8. The first-order valence-corrected chi connectivity index (χ1v) is 16.4. The van der Waals surface area contributed by atoms with Crippen LogP contribution < -0.4 is 5.32 Å². The summed E-state index contributed by atoms with van der Waals surface area (Å²) in [5.74, 6) is -0.193. The minimum absolute atomic E-state index is 0.186. The number of aliphatic hydroxyl groups excluding tert-OH is 5. The molecule has 1 amide bonds. The molecule has 6 N–H and O–H groups in total. The summed E-state index contributed by atoms with van der Waals surface area (Å²) in [5.41, 5.74) is 0. The molecule has 0 spiro atoms. The predicted molar refractivity (Wildman–Crippen MR) is 161 cm³/mol. The highest BCUT2D eigenvalue weighted by atomic mass is 16.7. The summed E-state index contributed by atoms with van der Waals surface area (Å²) in [6, 6.07) is -0.793. The quantitative estimate of drug-likeness (QED) is 0.0685. The van der Waals surface area contributed by atoms with Crippen LogP contribution in [0.5, 0.6) is 0 Å². The zero-order valence-corrected chi connectivity index (χ0v) is 25.8. The van der Waals surface area contributed by atoms with Crippen molar-refractivity contribution in [3.05, 3.63) is 12.2 Å². The molecule has 1 aliphatic heterocycles. The Morgan fingerprint density at radius 2 is 1.34 bits per heavy atom. The molecule has 0 aliphatic carbocycles. The van der Waals surface area contributed by atoms with Crippen molar-refractivity contribution in [2.24, 2.45) is 0 Å². The Kier molecular flexibility index (Phi) is 22.6. The van der Waals surface area contributed by atoms with Crippen molar-refractivity contribution in [3.8, 4) is 0 Å². The third-order valence-corrected chi connectivity index (χ3v) is 7.86. The van der Waals surface area contributed by atoms with Gasteiger partial charge in [0.1, 0.15) is 24.4 Å². The first-order chi connectivity index (χ1) is 19.8. The number of rotatable bonds is 25. The molecule has 0 aromatic rings. The van der Waals surface area contributed by atoms with Crippen LogP contribution in [0.25, 0.3) is 0 Å². The topological polar surface area (TPSA) is 149 Å². The average Bonchev–Trinajstić information content (AvgIpc) is 2.97. The van der Waals surface area contributed by atoms with Crippen molar-refractivity contribution in [2.75, 3.05) is 13.2 Å². The Morgan fingerprint density at radius 1 is 0.805 bits per heavy atom. The van der Waals surface area contributed by atoms with Crippen LogP contribution in [0.3, 0.4) is 0 Å². The van der Waals surface area contributed by atoms with Gasteiger partial charge in [-0.1, -0.05) is 116 Å². The van der Waals surface area contributed by atoms with Crippen molar-refractivity contribution in [2.45, 2.75) is 172 Å². The highest BCUT2D eigenvalue weighted by molar-refractivity contribution is 5.76. The van der Waals surface area contributed by atoms with Crippen LogP contribution in [0.4, 0.5) is 0 Å². The number of carbonyl (C=O) groups is 1. The maximum atomic E-state index is 12.6. The summed E-state index contributed by atoms with van der Waals surface area (Å²) in [4.78, 5) is 12.6. The zero-order chi connectivity index (χ0) is 30.3. The lowest BCUT2D eigenvalue weighted by Gasteiger charge is -2.40. The Labute approximate surface area is 248 Å². The summed E-state index contributed by atoms with van der Waals surface area (Å²) >= 11 is 0. The number of hydrogen-bond donors (Lipinski definition) is 6. The number of aliphatic hydroxyl groups is 5. The molecule has 1 rings (SSSR count). The molecule has 1 aliphatic rings. The molecule has 7 atom stereocenters. The van der Waals surface area contributed by atoms with Crippen molar-refractivity contribution in [3.63, 3.8) is 0 Å². The van der Waals surface area contributed by atoms with Gasteiger partial charge < -0.3 is 40.3 Å². The number of nitrogens with one attached hydrogen (secondary N) is 1. The fraction of sp³-hybridized carbons (Fsp3) is 0.906. The maximum Gasteiger partial charge on any atom is 0.220 e. The summed E-state index contributed by atoms with van der Waals surface area (Å²) in [5, 5.41) is 53.4. The summed E-state index contributed by atoms with van der Waals surface area (Å²) in [7, 11) is 0. The minimum atomic E-state index is -1.56. The van der Waals surface area contributed by atoms with Gasteiger partial charge in [0.25, 0.3) is 0 Å². The van der Waals surface area contributed by atoms with E-state index in [9.17, 15) is 30.3 Å². The molecule has 9 heteroatoms. The Morgan fingerprint density at radius 3 is 1.90 bits per heavy atom. The minimum Gasteiger partial charge on any atom is -0.394 e. The van der Waals surface area contributed by atoms with E-state index in [0.717, 1.165) is 51.4 Å². The van der Waals surface area contributed by atoms with Crippen molar-refractivity contribution < 1.29 is 39.8 Å². The third-order valence-electron chi connectivity index (χ3n) is 7.86. The molecule has 1 saturated heterocycles. The lowest BCUT2D eigenvalue weighted by atomic mass is 9.99. The van der Waals surface area contributed by atoms with E-state index in [1.165, 1.54) is 57.8 Å². The Bertz CT molecular complexity index is 662. The number of allylic oxidation sites excluding steroid dienone is 1. The smallest absolute Gasteiger partial charge is 0.220 e. The number of amides is 1. The molecular weight excluding hydrogens is 526 g/mol. The number of ether oxygens (including phenoxy) is 2. The second-order valence-electron chi connectivity index (χ2n) is 11.6. The fourth-order valence-electron chi connectivity index (χ4n) is 5.09. The number of carbonyl (C=O) groups excluding carboxylic acids is 1. The van der Waals surface area contributed by atoms with Crippen molar-refractivity contribution >= 4 is 5.91 Å². The lowest BCUT2D eigenvalue weighted by Crippen LogP contribution is -2.60. The van der Waals surface area contributed by atoms with Gasteiger partial charge in [0.05, 0.1) is 25.4 Å². The summed E-state index contributed by atoms with van der Waals surface area (Å²) in [6.45, 7) is 3.63. The van der Waals surface area contributed by atoms with E-state index in [0.29, 0.717) is 6.42 Å². The molecule has 1 fully saturated rings. The van der Waals surface area contributed by atoms with Crippen LogP contribution >= 0.6 is 0 Å². The molecule has 0 bridgehead atoms. The van der Waals surface area contributed by atoms with Gasteiger partial charge in [-0.05, 0) is 19.3 Å². The highest BCUT2D eigenvalue weighted by Crippen LogP contribution is 2.22. The zero-order valence-electron chi connectivity index (χ0n) is 25.8. The van der Waals surface area contributed by atoms with Gasteiger partial charge in [0.15, 0.2) is 6.29 Å². The second-order valence-corrected chi connectivity index (χ2v) is 11.6. The van der Waals surface area contributed by atoms with Crippen LogP contribution in [-0.2, 0) is 14.3 Å². The van der Waals surface area contributed by atoms with Gasteiger partial charge in [-0.2, -0.15) is 0 Å². The monoisotopic (exact) mass is 587 g/mol. The van der Waals surface area contributed by atoms with Crippen LogP contribution in [-0.4, -0.2) is 87.5 Å². The first kappa shape index (κ1) is 38.0. The predicted octanol–water partition coefficient (Wildman–Crippen LogP) is 4.27. The van der Waals surface area contributed by atoms with Crippen LogP contribution in [0, 0.1) is 0 Å². The molecule has 5 unspecified atom stereocenters. The first-order valence-electron chi connectivity index (χ1n) is 16.4. The molecule has 0 aromatic carbocycles. The van der Waals surface area contributed by atoms with E-state index < -0.39 is 49.5 Å². The van der Waals surface area contributed by atoms with E-state index in [-0.39, 0.29) is 12.5 Å². The molecule has 0 aromatic heterocycles. The van der Waals surface area contributed by atoms with E-state index >= 15 is 0 Å². The maximum absolute atomic E-state index is 12.6. The van der Waals surface area contributed by atoms with E-state index in [2.05, 4.69) is 19.2 Å². The fourth-order valence-corrected chi connectivity index (χ4v) is 5.09. The third kappa shape index (κ3) is 17.0. The van der Waals surface area contributed by atoms with Gasteiger partial charge in [0, 0.05) is 6.42 Å². The Hall–Kier alpha value is -1.07. The standard InChI is InChI=1S/C32H61NO8/c1-3-5-7-9-10-11-12-13-14-15-16-18-19-21-26(35)25(33-28(36)22-20-17-8-6-4-2)24-40-32-31(39)30(38)29(37)27(23-34)41-32/h19,21,25-27,29-32,34-35,37-39H,3-18,20,22-24H2,1-2H3,(H,33,36)/b21-19+/t25-,26+,27?,29?,30?,31?,32?/m0/s1. The number of hydrogen-bond acceptors (Lipinski definition) is 8. The summed E-state index contributed by atoms with van der Waals surface area (Å²) < 4.78 is 11.0. The van der Waals surface area contributed by atoms with Gasteiger partial charge in [-0.25, -0.2) is 0 Å². The SMILES string of the molecule is CCCCCCCCCCCCC/C=C/[C@@H](O)[C@H](COC1OC(CO)C(O)C(O)C1O)NC(=O)CCCCCCC. The molecule has 242 valence electrons. The van der Waals surface area contributed by atoms with Crippen molar-refractivity contribution in [1.82, 2.24) is 5.32 Å². The van der Waals surface area contributed by atoms with Gasteiger partial charge in [0.2, 0.25) is 5.91 Å². The van der Waals surface area contributed by atoms with Gasteiger partial charge in [-0.3, -0.25) is 4.79 Å². The number of unbranched alkanes of at least 4 members (excludes halogenated alkanes) is 15. The van der Waals surface area contributed by atoms with Gasteiger partial charge >= 0.3 is 0 Å². The normalized spacial score (nSPS) is 24.5. The molecule has 0 radical (unpaired) electrons. The van der Waals surface area contributed by atoms with E-state index in [1.54, 1.807) is 6.08 Å². The molecule has 1 heterocycles. The Balaban J connectivity index is 2.50. The van der Waals surface area contributed by atoms with Crippen LogP contribution in [0.2, 0.25) is 0 Å². The molecular formula is C32H61NO8. The largest absolute Gasteiger partial charge is 0.394 e. The van der Waals surface area contributed by atoms with Crippen molar-refractivity contribution in [1.29, 1.82) is 0 Å². The lowest BCUT2D eigenvalue weighted by molar-refractivity contribution is -0.302. The second kappa shape index (κ2) is 24.4. The molecule has 0 saturated carbocycles. The van der Waals surface area contributed by atoms with E-state index in [4.69, 9.17) is 9.47 Å². The molecule has 41 heavy (non-hydrogen) atoms. The van der Waals surface area contributed by atoms with Gasteiger partial charge in [-0.15, -0.1) is 0 Å². The molecule has 9 nitrogen and oxygen atoms in total. The van der Waals surface area contributed by atoms with Crippen LogP contribution in [0.1, 0.15) is 129 Å². The van der Waals surface area contributed by atoms with E-state index in [1.807, 2.05) is 6.08 Å². The average molecular weight is 588 g/mol.